The highest BCUT2D eigenvalue weighted by Crippen LogP contribution is 2.60. The predicted molar refractivity (Wildman–Crippen MR) is 51.3 cm³/mol. The van der Waals surface area contributed by atoms with E-state index in [2.05, 4.69) is 41.3 Å². The van der Waals surface area contributed by atoms with Gasteiger partial charge in [0.1, 0.15) is 13.4 Å². The van der Waals surface area contributed by atoms with Crippen molar-refractivity contribution in [3.05, 3.63) is 0 Å². The minimum absolute atomic E-state index is 0.573. The van der Waals surface area contributed by atoms with Crippen LogP contribution >= 0.6 is 0 Å². The lowest BCUT2D eigenvalue weighted by atomic mass is 8.89. The van der Waals surface area contributed by atoms with Gasteiger partial charge in [0.05, 0.1) is 0 Å². The van der Waals surface area contributed by atoms with Crippen molar-refractivity contribution < 1.29 is 0 Å². The van der Waals surface area contributed by atoms with Gasteiger partial charge >= 0.3 is 0 Å². The molecule has 0 saturated carbocycles. The Morgan fingerprint density at radius 1 is 0.700 bits per heavy atom. The predicted octanol–water partition coefficient (Wildman–Crippen LogP) is 2.89. The SMILES string of the molecule is CB1C(C)(C)B(C)C1(C)C. The lowest BCUT2D eigenvalue weighted by Crippen LogP contribution is -2.62. The first-order valence-electron chi connectivity index (χ1n) is 4.31. The Labute approximate surface area is 65.9 Å². The smallest absolute Gasteiger partial charge is 0.0863 e. The first kappa shape index (κ1) is 8.23. The standard InChI is InChI=1S/C8H18B2/c1-7(2)9(5)8(3,4)10(7)6/h1-6H3. The van der Waals surface area contributed by atoms with Crippen molar-refractivity contribution in [1.82, 2.24) is 0 Å². The van der Waals surface area contributed by atoms with Crippen LogP contribution in [0, 0.1) is 0 Å². The molecular formula is C8H18B2. The van der Waals surface area contributed by atoms with Crippen LogP contribution in [0.5, 0.6) is 0 Å². The average Bonchev–Trinajstić information content (AvgIpc) is 1.84. The van der Waals surface area contributed by atoms with Gasteiger partial charge in [-0.2, -0.15) is 0 Å². The molecule has 0 bridgehead atoms. The van der Waals surface area contributed by atoms with E-state index in [9.17, 15) is 0 Å². The molecule has 56 valence electrons. The Balaban J connectivity index is 2.78. The van der Waals surface area contributed by atoms with Crippen LogP contribution in [0.2, 0.25) is 24.1 Å². The quantitative estimate of drug-likeness (QED) is 0.449. The van der Waals surface area contributed by atoms with Crippen molar-refractivity contribution in [2.75, 3.05) is 0 Å². The lowest BCUT2D eigenvalue weighted by molar-refractivity contribution is 0.704. The maximum atomic E-state index is 2.38. The summed E-state index contributed by atoms with van der Waals surface area (Å²) in [6.45, 7) is 16.0. The minimum Gasteiger partial charge on any atom is -0.0863 e. The molecule has 0 nitrogen and oxygen atoms in total. The summed E-state index contributed by atoms with van der Waals surface area (Å²) < 4.78 is 0. The fraction of sp³-hybridized carbons (Fsp3) is 1.00. The third-order valence-corrected chi connectivity index (χ3v) is 4.46. The molecule has 0 aromatic rings. The van der Waals surface area contributed by atoms with Gasteiger partial charge < -0.3 is 0 Å². The number of rotatable bonds is 0. The van der Waals surface area contributed by atoms with Gasteiger partial charge in [0.25, 0.3) is 0 Å². The monoisotopic (exact) mass is 136 g/mol. The van der Waals surface area contributed by atoms with E-state index in [0.717, 1.165) is 13.4 Å². The van der Waals surface area contributed by atoms with Gasteiger partial charge in [-0.05, 0) is 0 Å². The Hall–Kier alpha value is 0.130. The van der Waals surface area contributed by atoms with E-state index in [4.69, 9.17) is 0 Å². The van der Waals surface area contributed by atoms with Gasteiger partial charge in [-0.15, -0.1) is 0 Å². The van der Waals surface area contributed by atoms with Crippen molar-refractivity contribution in [2.45, 2.75) is 51.8 Å². The van der Waals surface area contributed by atoms with Crippen LogP contribution in [0.1, 0.15) is 27.7 Å². The second-order valence-corrected chi connectivity index (χ2v) is 5.09. The van der Waals surface area contributed by atoms with E-state index in [0.29, 0.717) is 10.4 Å². The van der Waals surface area contributed by atoms with Gasteiger partial charge in [-0.1, -0.05) is 51.8 Å². The Morgan fingerprint density at radius 3 is 1.00 bits per heavy atom. The zero-order valence-electron chi connectivity index (χ0n) is 8.15. The van der Waals surface area contributed by atoms with Gasteiger partial charge in [0.15, 0.2) is 0 Å². The van der Waals surface area contributed by atoms with E-state index in [1.807, 2.05) is 0 Å². The lowest BCUT2D eigenvalue weighted by Gasteiger charge is -2.59. The molecule has 0 amide bonds. The molecule has 0 N–H and O–H groups in total. The van der Waals surface area contributed by atoms with Crippen molar-refractivity contribution in [1.29, 1.82) is 0 Å². The first-order chi connectivity index (χ1) is 4.31. The summed E-state index contributed by atoms with van der Waals surface area (Å²) in [4.78, 5) is 0. The summed E-state index contributed by atoms with van der Waals surface area (Å²) in [6.07, 6.45) is 0. The van der Waals surface area contributed by atoms with Crippen LogP contribution in [0.15, 0.2) is 0 Å². The highest BCUT2D eigenvalue weighted by atomic mass is 14.3. The molecule has 1 heterocycles. The fourth-order valence-electron chi connectivity index (χ4n) is 2.57. The zero-order valence-corrected chi connectivity index (χ0v) is 8.15. The molecule has 0 radical (unpaired) electrons. The summed E-state index contributed by atoms with van der Waals surface area (Å²) >= 11 is 0. The fourth-order valence-corrected chi connectivity index (χ4v) is 2.57. The third-order valence-electron chi connectivity index (χ3n) is 4.46. The Bertz CT molecular complexity index is 119. The highest BCUT2D eigenvalue weighted by molar-refractivity contribution is 7.02. The molecule has 0 aliphatic carbocycles. The van der Waals surface area contributed by atoms with Gasteiger partial charge in [-0.25, -0.2) is 0 Å². The molecule has 1 aliphatic rings. The first-order valence-corrected chi connectivity index (χ1v) is 4.31. The molecule has 1 saturated heterocycles. The summed E-state index contributed by atoms with van der Waals surface area (Å²) in [5, 5.41) is 1.15. The second-order valence-electron chi connectivity index (χ2n) is 5.09. The van der Waals surface area contributed by atoms with Gasteiger partial charge in [-0.3, -0.25) is 0 Å². The van der Waals surface area contributed by atoms with Crippen molar-refractivity contribution in [3.8, 4) is 0 Å². The topological polar surface area (TPSA) is 0 Å². The van der Waals surface area contributed by atoms with E-state index in [-0.39, 0.29) is 0 Å². The van der Waals surface area contributed by atoms with E-state index in [1.54, 1.807) is 0 Å². The van der Waals surface area contributed by atoms with Gasteiger partial charge in [0, 0.05) is 0 Å². The van der Waals surface area contributed by atoms with Crippen LogP contribution < -0.4 is 0 Å². The van der Waals surface area contributed by atoms with E-state index in [1.165, 1.54) is 0 Å². The molecule has 0 unspecified atom stereocenters. The molecule has 2 heteroatoms. The normalized spacial score (nSPS) is 28.2. The molecule has 1 fully saturated rings. The van der Waals surface area contributed by atoms with Crippen LogP contribution in [-0.4, -0.2) is 13.4 Å². The van der Waals surface area contributed by atoms with Crippen LogP contribution in [0.25, 0.3) is 0 Å². The minimum atomic E-state index is 0.573. The molecule has 1 aliphatic heterocycles. The van der Waals surface area contributed by atoms with E-state index < -0.39 is 0 Å². The summed E-state index contributed by atoms with van der Waals surface area (Å²) in [5.41, 5.74) is 0. The van der Waals surface area contributed by atoms with Crippen molar-refractivity contribution in [2.24, 2.45) is 0 Å². The average molecular weight is 136 g/mol. The highest BCUT2D eigenvalue weighted by Gasteiger charge is 2.60. The maximum Gasteiger partial charge on any atom is 0.133 e. The molecule has 0 spiro atoms. The maximum absolute atomic E-state index is 2.38. The molecule has 0 atom stereocenters. The van der Waals surface area contributed by atoms with Crippen LogP contribution in [-0.2, 0) is 0 Å². The third kappa shape index (κ3) is 0.710. The molecule has 1 rings (SSSR count). The molecule has 0 aromatic heterocycles. The van der Waals surface area contributed by atoms with Crippen LogP contribution in [0.4, 0.5) is 0 Å². The molecule has 0 aromatic carbocycles. The van der Waals surface area contributed by atoms with Crippen molar-refractivity contribution >= 4 is 13.4 Å². The van der Waals surface area contributed by atoms with E-state index >= 15 is 0 Å². The largest absolute Gasteiger partial charge is 0.133 e. The second kappa shape index (κ2) is 1.84. The van der Waals surface area contributed by atoms with Crippen LogP contribution in [0.3, 0.4) is 0 Å². The molecular weight excluding hydrogens is 118 g/mol. The summed E-state index contributed by atoms with van der Waals surface area (Å²) in [6, 6.07) is 0. The Kier molecular flexibility index (Phi) is 1.51. The summed E-state index contributed by atoms with van der Waals surface area (Å²) in [5.74, 6) is 0. The Morgan fingerprint density at radius 2 is 0.900 bits per heavy atom. The van der Waals surface area contributed by atoms with Gasteiger partial charge in [0.2, 0.25) is 0 Å². The summed E-state index contributed by atoms with van der Waals surface area (Å²) in [7, 11) is 0. The van der Waals surface area contributed by atoms with Crippen molar-refractivity contribution in [3.63, 3.8) is 0 Å². The number of hydrogen-bond donors (Lipinski definition) is 0. The zero-order chi connectivity index (χ0) is 8.15. The number of hydrogen-bond acceptors (Lipinski definition) is 0. The molecule has 10 heavy (non-hydrogen) atoms.